The highest BCUT2D eigenvalue weighted by Gasteiger charge is 2.29. The zero-order valence-electron chi connectivity index (χ0n) is 13.1. The van der Waals surface area contributed by atoms with Gasteiger partial charge in [-0.3, -0.25) is 9.69 Å². The summed E-state index contributed by atoms with van der Waals surface area (Å²) in [6.07, 6.45) is 5.37. The molecule has 1 amide bonds. The van der Waals surface area contributed by atoms with Gasteiger partial charge in [-0.15, -0.1) is 0 Å². The molecule has 2 aliphatic heterocycles. The first-order valence-corrected chi connectivity index (χ1v) is 8.00. The molecule has 0 spiro atoms. The van der Waals surface area contributed by atoms with Gasteiger partial charge in [-0.1, -0.05) is 0 Å². The molecule has 2 N–H and O–H groups in total. The lowest BCUT2D eigenvalue weighted by atomic mass is 10.0. The van der Waals surface area contributed by atoms with E-state index in [4.69, 9.17) is 5.73 Å². The van der Waals surface area contributed by atoms with Gasteiger partial charge in [0.25, 0.3) is 0 Å². The number of nitrogens with zero attached hydrogens (tertiary/aromatic N) is 3. The van der Waals surface area contributed by atoms with E-state index in [0.717, 1.165) is 39.0 Å². The van der Waals surface area contributed by atoms with Crippen molar-refractivity contribution < 1.29 is 4.79 Å². The van der Waals surface area contributed by atoms with E-state index < -0.39 is 0 Å². The highest BCUT2D eigenvalue weighted by Crippen LogP contribution is 2.19. The van der Waals surface area contributed by atoms with E-state index in [1.807, 2.05) is 4.90 Å². The minimum absolute atomic E-state index is 0.214. The van der Waals surface area contributed by atoms with Crippen molar-refractivity contribution in [3.8, 4) is 0 Å². The third-order valence-electron chi connectivity index (χ3n) is 4.82. The first kappa shape index (κ1) is 15.7. The number of carbonyl (C=O) groups excluding carboxylic acids is 1. The lowest BCUT2D eigenvalue weighted by Crippen LogP contribution is -2.52. The van der Waals surface area contributed by atoms with Crippen LogP contribution in [0.4, 0.5) is 0 Å². The van der Waals surface area contributed by atoms with Gasteiger partial charge in [-0.2, -0.15) is 0 Å². The number of carbonyl (C=O) groups is 1. The molecule has 5 heteroatoms. The van der Waals surface area contributed by atoms with Crippen molar-refractivity contribution in [2.45, 2.75) is 44.2 Å². The Bertz CT molecular complexity index is 315. The fourth-order valence-electron chi connectivity index (χ4n) is 3.40. The van der Waals surface area contributed by atoms with Gasteiger partial charge in [0.1, 0.15) is 0 Å². The van der Waals surface area contributed by atoms with E-state index in [2.05, 4.69) is 23.9 Å². The standard InChI is InChI=1S/C15H30N4O/c1-17(2)13-6-5-9-19(12-13)14(11-16)10-15(20)18-7-3-4-8-18/h13-14H,3-12,16H2,1-2H3. The summed E-state index contributed by atoms with van der Waals surface area (Å²) in [5.41, 5.74) is 5.95. The Balaban J connectivity index is 1.88. The summed E-state index contributed by atoms with van der Waals surface area (Å²) in [6, 6.07) is 0.811. The zero-order chi connectivity index (χ0) is 14.5. The molecule has 5 nitrogen and oxygen atoms in total. The predicted molar refractivity (Wildman–Crippen MR) is 81.6 cm³/mol. The number of hydrogen-bond donors (Lipinski definition) is 1. The predicted octanol–water partition coefficient (Wildman–Crippen LogP) is 0.352. The van der Waals surface area contributed by atoms with Gasteiger partial charge < -0.3 is 15.5 Å². The minimum Gasteiger partial charge on any atom is -0.343 e. The number of piperidine rings is 1. The molecule has 2 aliphatic rings. The molecule has 0 aromatic heterocycles. The second-order valence-electron chi connectivity index (χ2n) is 6.44. The van der Waals surface area contributed by atoms with Crippen LogP contribution >= 0.6 is 0 Å². The van der Waals surface area contributed by atoms with Crippen molar-refractivity contribution in [3.63, 3.8) is 0 Å². The number of nitrogens with two attached hydrogens (primary N) is 1. The molecular formula is C15H30N4O. The summed E-state index contributed by atoms with van der Waals surface area (Å²) >= 11 is 0. The first-order valence-electron chi connectivity index (χ1n) is 8.00. The zero-order valence-corrected chi connectivity index (χ0v) is 13.1. The Hall–Kier alpha value is -0.650. The number of likely N-dealkylation sites (tertiary alicyclic amines) is 2. The summed E-state index contributed by atoms with van der Waals surface area (Å²) in [5.74, 6) is 0.296. The highest BCUT2D eigenvalue weighted by atomic mass is 16.2. The van der Waals surface area contributed by atoms with E-state index in [0.29, 0.717) is 24.9 Å². The topological polar surface area (TPSA) is 52.8 Å². The Labute approximate surface area is 123 Å². The van der Waals surface area contributed by atoms with Crippen molar-refractivity contribution in [1.82, 2.24) is 14.7 Å². The molecule has 0 aromatic rings. The molecule has 0 aliphatic carbocycles. The monoisotopic (exact) mass is 282 g/mol. The second kappa shape index (κ2) is 7.38. The number of likely N-dealkylation sites (N-methyl/N-ethyl adjacent to an activating group) is 1. The van der Waals surface area contributed by atoms with Gasteiger partial charge in [0.2, 0.25) is 5.91 Å². The summed E-state index contributed by atoms with van der Waals surface area (Å²) in [6.45, 7) is 4.59. The smallest absolute Gasteiger partial charge is 0.224 e. The van der Waals surface area contributed by atoms with E-state index in [-0.39, 0.29) is 6.04 Å². The van der Waals surface area contributed by atoms with E-state index >= 15 is 0 Å². The largest absolute Gasteiger partial charge is 0.343 e. The molecule has 2 fully saturated rings. The molecule has 2 rings (SSSR count). The van der Waals surface area contributed by atoms with Crippen LogP contribution in [0, 0.1) is 0 Å². The summed E-state index contributed by atoms with van der Waals surface area (Å²) < 4.78 is 0. The average Bonchev–Trinajstić information content (AvgIpc) is 2.99. The van der Waals surface area contributed by atoms with E-state index in [9.17, 15) is 4.79 Å². The summed E-state index contributed by atoms with van der Waals surface area (Å²) in [4.78, 5) is 19.0. The molecule has 2 heterocycles. The fourth-order valence-corrected chi connectivity index (χ4v) is 3.40. The lowest BCUT2D eigenvalue weighted by Gasteiger charge is -2.40. The Morgan fingerprint density at radius 1 is 1.25 bits per heavy atom. The Morgan fingerprint density at radius 3 is 2.55 bits per heavy atom. The lowest BCUT2D eigenvalue weighted by molar-refractivity contribution is -0.131. The van der Waals surface area contributed by atoms with Crippen LogP contribution < -0.4 is 5.73 Å². The number of amides is 1. The quantitative estimate of drug-likeness (QED) is 0.791. The van der Waals surface area contributed by atoms with Crippen LogP contribution in [0.5, 0.6) is 0 Å². The molecule has 2 unspecified atom stereocenters. The van der Waals surface area contributed by atoms with Crippen molar-refractivity contribution in [3.05, 3.63) is 0 Å². The van der Waals surface area contributed by atoms with Crippen LogP contribution in [0.2, 0.25) is 0 Å². The summed E-state index contributed by atoms with van der Waals surface area (Å²) in [5, 5.41) is 0. The van der Waals surface area contributed by atoms with Crippen LogP contribution in [0.1, 0.15) is 32.1 Å². The molecule has 2 atom stereocenters. The molecule has 2 saturated heterocycles. The second-order valence-corrected chi connectivity index (χ2v) is 6.44. The van der Waals surface area contributed by atoms with Crippen molar-refractivity contribution in [2.75, 3.05) is 46.8 Å². The fraction of sp³-hybridized carbons (Fsp3) is 0.933. The Morgan fingerprint density at radius 2 is 1.95 bits per heavy atom. The molecular weight excluding hydrogens is 252 g/mol. The van der Waals surface area contributed by atoms with Crippen molar-refractivity contribution in [1.29, 1.82) is 0 Å². The van der Waals surface area contributed by atoms with Gasteiger partial charge >= 0.3 is 0 Å². The normalized spacial score (nSPS) is 26.2. The first-order chi connectivity index (χ1) is 9.61. The Kier molecular flexibility index (Phi) is 5.81. The van der Waals surface area contributed by atoms with Crippen LogP contribution in [-0.4, -0.2) is 79.5 Å². The van der Waals surface area contributed by atoms with Crippen LogP contribution in [0.3, 0.4) is 0 Å². The van der Waals surface area contributed by atoms with Crippen LogP contribution in [0.15, 0.2) is 0 Å². The molecule has 20 heavy (non-hydrogen) atoms. The van der Waals surface area contributed by atoms with Crippen LogP contribution in [0.25, 0.3) is 0 Å². The maximum atomic E-state index is 12.3. The van der Waals surface area contributed by atoms with Gasteiger partial charge in [0.15, 0.2) is 0 Å². The number of rotatable bonds is 5. The van der Waals surface area contributed by atoms with Crippen LogP contribution in [-0.2, 0) is 4.79 Å². The SMILES string of the molecule is CN(C)C1CCCN(C(CN)CC(=O)N2CCCC2)C1. The molecule has 0 saturated carbocycles. The third kappa shape index (κ3) is 3.93. The van der Waals surface area contributed by atoms with E-state index in [1.165, 1.54) is 12.8 Å². The van der Waals surface area contributed by atoms with Gasteiger partial charge in [-0.25, -0.2) is 0 Å². The molecule has 0 aromatic carbocycles. The van der Waals surface area contributed by atoms with Crippen molar-refractivity contribution in [2.24, 2.45) is 5.73 Å². The van der Waals surface area contributed by atoms with E-state index in [1.54, 1.807) is 0 Å². The average molecular weight is 282 g/mol. The maximum absolute atomic E-state index is 12.3. The molecule has 0 bridgehead atoms. The minimum atomic E-state index is 0.214. The highest BCUT2D eigenvalue weighted by molar-refractivity contribution is 5.77. The van der Waals surface area contributed by atoms with Gasteiger partial charge in [0, 0.05) is 44.7 Å². The maximum Gasteiger partial charge on any atom is 0.224 e. The van der Waals surface area contributed by atoms with Gasteiger partial charge in [0.05, 0.1) is 0 Å². The summed E-state index contributed by atoms with van der Waals surface area (Å²) in [7, 11) is 4.28. The number of hydrogen-bond acceptors (Lipinski definition) is 4. The third-order valence-corrected chi connectivity index (χ3v) is 4.82. The molecule has 116 valence electrons. The van der Waals surface area contributed by atoms with Gasteiger partial charge in [-0.05, 0) is 46.3 Å². The molecule has 0 radical (unpaired) electrons. The van der Waals surface area contributed by atoms with Crippen molar-refractivity contribution >= 4 is 5.91 Å².